The number of aryl methyl sites for hydroxylation is 1. The molecule has 1 aliphatic rings. The van der Waals surface area contributed by atoms with Crippen LogP contribution in [0.2, 0.25) is 0 Å². The lowest BCUT2D eigenvalue weighted by molar-refractivity contribution is -0.301. The summed E-state index contributed by atoms with van der Waals surface area (Å²) in [4.78, 5) is 0. The summed E-state index contributed by atoms with van der Waals surface area (Å²) in [6.07, 6.45) is -7.82. The number of hydrogen-bond donors (Lipinski definition) is 7. The first-order valence-corrected chi connectivity index (χ1v) is 12.2. The summed E-state index contributed by atoms with van der Waals surface area (Å²) < 4.78 is 27.2. The molecule has 0 spiro atoms. The summed E-state index contributed by atoms with van der Waals surface area (Å²) in [5.41, 5.74) is 1.25. The predicted octanol–water partition coefficient (Wildman–Crippen LogP) is -0.368. The molecular weight excluding hydrogens is 504 g/mol. The average molecular weight is 541 g/mol. The van der Waals surface area contributed by atoms with Crippen molar-refractivity contribution in [1.82, 2.24) is 0 Å². The van der Waals surface area contributed by atoms with E-state index in [1.165, 1.54) is 32.4 Å². The second-order valence-electron chi connectivity index (χ2n) is 8.87. The van der Waals surface area contributed by atoms with Crippen molar-refractivity contribution in [1.29, 1.82) is 0 Å². The molecule has 0 unspecified atom stereocenters. The maximum absolute atomic E-state index is 10.8. The first-order chi connectivity index (χ1) is 18.2. The van der Waals surface area contributed by atoms with E-state index < -0.39 is 56.1 Å². The highest BCUT2D eigenvalue weighted by atomic mass is 16.7. The fraction of sp³-hybridized carbons (Fsp3) is 0.538. The van der Waals surface area contributed by atoms with E-state index in [0.717, 1.165) is 5.56 Å². The summed E-state index contributed by atoms with van der Waals surface area (Å²) in [6, 6.07) is 9.52. The quantitative estimate of drug-likeness (QED) is 0.164. The Morgan fingerprint density at radius 1 is 0.895 bits per heavy atom. The summed E-state index contributed by atoms with van der Waals surface area (Å²) in [5.74, 6) is 0.778. The summed E-state index contributed by atoms with van der Waals surface area (Å²) in [7, 11) is 2.85. The van der Waals surface area contributed by atoms with Gasteiger partial charge < -0.3 is 59.4 Å². The zero-order chi connectivity index (χ0) is 27.8. The fourth-order valence-electron chi connectivity index (χ4n) is 4.10. The molecule has 0 radical (unpaired) electrons. The van der Waals surface area contributed by atoms with E-state index in [2.05, 4.69) is 0 Å². The SMILES string of the molecule is COc1cc([C@@H](O)[C@@H](CO)Oc2ccc(CCCO[C@H]3O[C@@H](CO)[C@@H](O)[C@@H](O)[C@H]3O)cc2OC)ccc1O. The number of aromatic hydroxyl groups is 1. The van der Waals surface area contributed by atoms with Crippen LogP contribution in [-0.2, 0) is 15.9 Å². The Bertz CT molecular complexity index is 1020. The third-order valence-electron chi connectivity index (χ3n) is 6.32. The van der Waals surface area contributed by atoms with Gasteiger partial charge in [0.05, 0.1) is 34.0 Å². The minimum Gasteiger partial charge on any atom is -0.504 e. The van der Waals surface area contributed by atoms with Crippen molar-refractivity contribution in [2.75, 3.05) is 34.0 Å². The van der Waals surface area contributed by atoms with Crippen LogP contribution in [0.1, 0.15) is 23.7 Å². The van der Waals surface area contributed by atoms with E-state index in [1.807, 2.05) is 0 Å². The Hall–Kier alpha value is -2.68. The van der Waals surface area contributed by atoms with Crippen LogP contribution >= 0.6 is 0 Å². The van der Waals surface area contributed by atoms with Crippen molar-refractivity contribution in [3.8, 4) is 23.0 Å². The second kappa shape index (κ2) is 13.9. The van der Waals surface area contributed by atoms with Crippen LogP contribution in [0.25, 0.3) is 0 Å². The summed E-state index contributed by atoms with van der Waals surface area (Å²) in [6.45, 7) is -0.862. The van der Waals surface area contributed by atoms with Crippen molar-refractivity contribution in [2.24, 2.45) is 0 Å². The van der Waals surface area contributed by atoms with Gasteiger partial charge in [-0.15, -0.1) is 0 Å². The van der Waals surface area contributed by atoms with Crippen molar-refractivity contribution in [3.05, 3.63) is 47.5 Å². The van der Waals surface area contributed by atoms with E-state index in [0.29, 0.717) is 29.9 Å². The normalized spacial score (nSPS) is 25.0. The van der Waals surface area contributed by atoms with E-state index in [-0.39, 0.29) is 18.1 Å². The molecule has 2 aromatic rings. The average Bonchev–Trinajstić information content (AvgIpc) is 2.94. The van der Waals surface area contributed by atoms with Gasteiger partial charge in [-0.25, -0.2) is 0 Å². The highest BCUT2D eigenvalue weighted by Crippen LogP contribution is 2.34. The van der Waals surface area contributed by atoms with Crippen molar-refractivity contribution in [3.63, 3.8) is 0 Å². The largest absolute Gasteiger partial charge is 0.504 e. The number of phenolic OH excluding ortho intramolecular Hbond substituents is 1. The van der Waals surface area contributed by atoms with Gasteiger partial charge >= 0.3 is 0 Å². The highest BCUT2D eigenvalue weighted by molar-refractivity contribution is 5.44. The molecule has 0 bridgehead atoms. The van der Waals surface area contributed by atoms with Gasteiger partial charge in [-0.05, 0) is 48.2 Å². The summed E-state index contributed by atoms with van der Waals surface area (Å²) >= 11 is 0. The molecule has 38 heavy (non-hydrogen) atoms. The number of rotatable bonds is 13. The molecule has 212 valence electrons. The number of aliphatic hydroxyl groups excluding tert-OH is 6. The van der Waals surface area contributed by atoms with E-state index in [4.69, 9.17) is 23.7 Å². The van der Waals surface area contributed by atoms with Gasteiger partial charge in [-0.3, -0.25) is 0 Å². The molecular formula is C26H36O12. The molecule has 0 aromatic heterocycles. The van der Waals surface area contributed by atoms with E-state index in [1.54, 1.807) is 18.2 Å². The van der Waals surface area contributed by atoms with Crippen LogP contribution in [0.5, 0.6) is 23.0 Å². The monoisotopic (exact) mass is 540 g/mol. The Balaban J connectivity index is 1.58. The van der Waals surface area contributed by atoms with Gasteiger partial charge in [0, 0.05) is 0 Å². The highest BCUT2D eigenvalue weighted by Gasteiger charge is 2.43. The van der Waals surface area contributed by atoms with E-state index >= 15 is 0 Å². The Morgan fingerprint density at radius 3 is 2.29 bits per heavy atom. The standard InChI is InChI=1S/C26H36O12/c1-34-18-11-15(6-7-16(18)29)22(30)20(12-27)37-17-8-5-14(10-19(17)35-2)4-3-9-36-26-25(33)24(32)23(31)21(13-28)38-26/h5-8,10-11,20-33H,3-4,9,12-13H2,1-2H3/t20-,21+,22-,23-,24-,25-,26+/m1/s1. The Morgan fingerprint density at radius 2 is 1.63 bits per heavy atom. The molecule has 1 heterocycles. The van der Waals surface area contributed by atoms with Gasteiger partial charge in [-0.1, -0.05) is 12.1 Å². The molecule has 0 saturated carbocycles. The minimum atomic E-state index is -1.50. The molecule has 7 atom stereocenters. The number of hydrogen-bond acceptors (Lipinski definition) is 12. The number of aliphatic hydroxyl groups is 6. The Labute approximate surface area is 220 Å². The molecule has 12 heteroatoms. The predicted molar refractivity (Wildman–Crippen MR) is 132 cm³/mol. The number of ether oxygens (including phenoxy) is 5. The third-order valence-corrected chi connectivity index (χ3v) is 6.32. The van der Waals surface area contributed by atoms with Gasteiger partial charge in [0.2, 0.25) is 0 Å². The maximum Gasteiger partial charge on any atom is 0.186 e. The molecule has 2 aromatic carbocycles. The first-order valence-electron chi connectivity index (χ1n) is 12.2. The van der Waals surface area contributed by atoms with Gasteiger partial charge in [0.25, 0.3) is 0 Å². The van der Waals surface area contributed by atoms with Crippen LogP contribution in [0.4, 0.5) is 0 Å². The molecule has 0 aliphatic carbocycles. The minimum absolute atomic E-state index is 0.0826. The van der Waals surface area contributed by atoms with Crippen molar-refractivity contribution >= 4 is 0 Å². The second-order valence-corrected chi connectivity index (χ2v) is 8.87. The molecule has 3 rings (SSSR count). The topological polar surface area (TPSA) is 188 Å². The lowest BCUT2D eigenvalue weighted by atomic mass is 9.99. The van der Waals surface area contributed by atoms with Crippen LogP contribution < -0.4 is 14.2 Å². The Kier molecular flexibility index (Phi) is 10.9. The molecule has 0 amide bonds. The zero-order valence-electron chi connectivity index (χ0n) is 21.2. The molecule has 1 saturated heterocycles. The molecule has 1 fully saturated rings. The fourth-order valence-corrected chi connectivity index (χ4v) is 4.10. The number of methoxy groups -OCH3 is 2. The van der Waals surface area contributed by atoms with E-state index in [9.17, 15) is 35.7 Å². The van der Waals surface area contributed by atoms with Crippen molar-refractivity contribution in [2.45, 2.75) is 55.8 Å². The molecule has 7 N–H and O–H groups in total. The van der Waals surface area contributed by atoms with Crippen LogP contribution in [0.15, 0.2) is 36.4 Å². The third kappa shape index (κ3) is 7.04. The van der Waals surface area contributed by atoms with Crippen molar-refractivity contribution < 1.29 is 59.4 Å². The van der Waals surface area contributed by atoms with Gasteiger partial charge in [0.15, 0.2) is 35.4 Å². The maximum atomic E-state index is 10.8. The first kappa shape index (κ1) is 29.9. The molecule has 12 nitrogen and oxygen atoms in total. The number of benzene rings is 2. The lowest BCUT2D eigenvalue weighted by Crippen LogP contribution is -2.59. The van der Waals surface area contributed by atoms with Crippen LogP contribution in [0.3, 0.4) is 0 Å². The smallest absolute Gasteiger partial charge is 0.186 e. The zero-order valence-corrected chi connectivity index (χ0v) is 21.2. The molecule has 1 aliphatic heterocycles. The van der Waals surface area contributed by atoms with Crippen LogP contribution in [-0.4, -0.2) is 107 Å². The van der Waals surface area contributed by atoms with Gasteiger partial charge in [-0.2, -0.15) is 0 Å². The van der Waals surface area contributed by atoms with Crippen LogP contribution in [0, 0.1) is 0 Å². The number of phenols is 1. The summed E-state index contributed by atoms with van der Waals surface area (Å²) in [5, 5.41) is 69.4. The van der Waals surface area contributed by atoms with Gasteiger partial charge in [0.1, 0.15) is 30.5 Å². The lowest BCUT2D eigenvalue weighted by Gasteiger charge is -2.39.